The summed E-state index contributed by atoms with van der Waals surface area (Å²) in [6, 6.07) is 11.8. The summed E-state index contributed by atoms with van der Waals surface area (Å²) >= 11 is 22.3. The first-order chi connectivity index (χ1) is 14.8. The number of primary amides is 1. The first-order valence-corrected chi connectivity index (χ1v) is 11.5. The van der Waals surface area contributed by atoms with E-state index in [0.29, 0.717) is 39.7 Å². The minimum Gasteiger partial charge on any atom is -0.470 e. The van der Waals surface area contributed by atoms with Crippen LogP contribution >= 0.6 is 48.2 Å². The van der Waals surface area contributed by atoms with Crippen LogP contribution in [0, 0.1) is 0 Å². The number of hydrogen-bond donors (Lipinski definition) is 2. The number of carbonyl (C=O) groups excluding carboxylic acids is 1. The van der Waals surface area contributed by atoms with Crippen molar-refractivity contribution in [3.8, 4) is 5.75 Å². The van der Waals surface area contributed by atoms with Crippen molar-refractivity contribution in [1.29, 1.82) is 0 Å². The van der Waals surface area contributed by atoms with Gasteiger partial charge in [0.05, 0.1) is 16.4 Å². The van der Waals surface area contributed by atoms with E-state index in [1.165, 1.54) is 0 Å². The molecule has 2 aromatic rings. The van der Waals surface area contributed by atoms with Crippen LogP contribution in [0.25, 0.3) is 0 Å². The molecule has 2 aromatic carbocycles. The highest BCUT2D eigenvalue weighted by molar-refractivity contribution is 7.82. The number of nitrogens with two attached hydrogens (primary N) is 1. The third kappa shape index (κ3) is 5.68. The number of nitrogens with zero attached hydrogens (tertiary/aromatic N) is 3. The van der Waals surface area contributed by atoms with Crippen LogP contribution in [0.4, 0.5) is 16.2 Å². The van der Waals surface area contributed by atoms with Crippen molar-refractivity contribution in [2.45, 2.75) is 32.4 Å². The van der Waals surface area contributed by atoms with Crippen molar-refractivity contribution in [2.24, 2.45) is 5.73 Å². The van der Waals surface area contributed by atoms with Gasteiger partial charge in [-0.05, 0) is 49.0 Å². The van der Waals surface area contributed by atoms with Crippen molar-refractivity contribution in [1.82, 2.24) is 4.90 Å². The summed E-state index contributed by atoms with van der Waals surface area (Å²) in [6.07, 6.45) is 2.54. The highest BCUT2D eigenvalue weighted by Crippen LogP contribution is 2.33. The number of thiocarbonyl (C=S) groups is 1. The van der Waals surface area contributed by atoms with E-state index in [-0.39, 0.29) is 6.23 Å². The highest BCUT2D eigenvalue weighted by atomic mass is 35.5. The number of urea groups is 1. The molecule has 1 unspecified atom stereocenters. The summed E-state index contributed by atoms with van der Waals surface area (Å²) in [6.45, 7) is 3.52. The topological polar surface area (TPSA) is 62.0 Å². The van der Waals surface area contributed by atoms with Crippen molar-refractivity contribution in [2.75, 3.05) is 22.3 Å². The molecule has 2 amide bonds. The Morgan fingerprint density at radius 1 is 1.29 bits per heavy atom. The number of anilines is 2. The molecule has 166 valence electrons. The molecule has 1 atom stereocenters. The summed E-state index contributed by atoms with van der Waals surface area (Å²) in [5.74, 6) is 0.602. The Hall–Kier alpha value is -1.87. The molecule has 10 heteroatoms. The maximum atomic E-state index is 11.4. The number of carbonyl (C=O) groups is 1. The third-order valence-corrected chi connectivity index (χ3v) is 6.36. The summed E-state index contributed by atoms with van der Waals surface area (Å²) in [7, 11) is 0. The number of thiol groups is 1. The first kappa shape index (κ1) is 23.8. The molecular formula is C21H24Cl2N4O2S2. The molecule has 1 fully saturated rings. The second kappa shape index (κ2) is 10.6. The van der Waals surface area contributed by atoms with Gasteiger partial charge >= 0.3 is 6.03 Å². The second-order valence-corrected chi connectivity index (χ2v) is 8.69. The van der Waals surface area contributed by atoms with Gasteiger partial charge in [0.15, 0.2) is 11.3 Å². The number of rotatable bonds is 8. The largest absolute Gasteiger partial charge is 0.470 e. The molecule has 1 saturated heterocycles. The van der Waals surface area contributed by atoms with Crippen LogP contribution in [0.3, 0.4) is 0 Å². The molecule has 0 radical (unpaired) electrons. The van der Waals surface area contributed by atoms with Crippen LogP contribution in [0.5, 0.6) is 5.75 Å². The van der Waals surface area contributed by atoms with Gasteiger partial charge in [0, 0.05) is 30.6 Å². The molecular weight excluding hydrogens is 475 g/mol. The molecule has 31 heavy (non-hydrogen) atoms. The molecule has 3 rings (SSSR count). The average Bonchev–Trinajstić information content (AvgIpc) is 3.11. The molecule has 0 saturated carbocycles. The molecule has 1 aliphatic rings. The third-order valence-electron chi connectivity index (χ3n) is 4.94. The lowest BCUT2D eigenvalue weighted by Gasteiger charge is -2.31. The Morgan fingerprint density at radius 3 is 2.74 bits per heavy atom. The lowest BCUT2D eigenvalue weighted by atomic mass is 10.2. The Balaban J connectivity index is 1.80. The molecule has 2 N–H and O–H groups in total. The van der Waals surface area contributed by atoms with E-state index in [9.17, 15) is 4.79 Å². The van der Waals surface area contributed by atoms with E-state index in [0.717, 1.165) is 29.3 Å². The van der Waals surface area contributed by atoms with Gasteiger partial charge in [-0.25, -0.2) is 9.10 Å². The predicted molar refractivity (Wildman–Crippen MR) is 135 cm³/mol. The fraction of sp³-hybridized carbons (Fsp3) is 0.333. The van der Waals surface area contributed by atoms with E-state index in [1.54, 1.807) is 30.3 Å². The minimum atomic E-state index is -0.667. The number of benzene rings is 2. The van der Waals surface area contributed by atoms with Gasteiger partial charge in [0.1, 0.15) is 5.75 Å². The Kier molecular flexibility index (Phi) is 8.16. The van der Waals surface area contributed by atoms with Gasteiger partial charge in [0.25, 0.3) is 0 Å². The molecule has 1 aliphatic heterocycles. The smallest absolute Gasteiger partial charge is 0.329 e. The highest BCUT2D eigenvalue weighted by Gasteiger charge is 2.33. The van der Waals surface area contributed by atoms with Gasteiger partial charge in [-0.3, -0.25) is 0 Å². The Labute approximate surface area is 203 Å². The zero-order chi connectivity index (χ0) is 22.5. The summed E-state index contributed by atoms with van der Waals surface area (Å²) < 4.78 is 7.39. The maximum Gasteiger partial charge on any atom is 0.329 e. The van der Waals surface area contributed by atoms with Crippen molar-refractivity contribution >= 4 is 70.8 Å². The van der Waals surface area contributed by atoms with E-state index in [2.05, 4.69) is 24.6 Å². The maximum absolute atomic E-state index is 11.4. The second-order valence-electron chi connectivity index (χ2n) is 7.09. The van der Waals surface area contributed by atoms with Gasteiger partial charge in [-0.1, -0.05) is 55.4 Å². The number of halogens is 2. The van der Waals surface area contributed by atoms with E-state index in [4.69, 9.17) is 45.9 Å². The Bertz CT molecular complexity index is 963. The van der Waals surface area contributed by atoms with Crippen LogP contribution < -0.4 is 19.7 Å². The van der Waals surface area contributed by atoms with E-state index >= 15 is 0 Å². The van der Waals surface area contributed by atoms with Gasteiger partial charge in [-0.2, -0.15) is 0 Å². The molecule has 1 heterocycles. The van der Waals surface area contributed by atoms with Crippen LogP contribution in [0.2, 0.25) is 10.0 Å². The van der Waals surface area contributed by atoms with Crippen LogP contribution in [-0.2, 0) is 0 Å². The average molecular weight is 499 g/mol. The Morgan fingerprint density at radius 2 is 2.06 bits per heavy atom. The first-order valence-electron chi connectivity index (χ1n) is 9.90. The van der Waals surface area contributed by atoms with Crippen molar-refractivity contribution in [3.63, 3.8) is 0 Å². The summed E-state index contributed by atoms with van der Waals surface area (Å²) in [4.78, 5) is 15.5. The number of amides is 2. The monoisotopic (exact) mass is 498 g/mol. The summed E-state index contributed by atoms with van der Waals surface area (Å²) in [5, 5.41) is 1.78. The van der Waals surface area contributed by atoms with E-state index in [1.807, 2.05) is 17.0 Å². The van der Waals surface area contributed by atoms with Crippen molar-refractivity contribution in [3.05, 3.63) is 52.5 Å². The SMILES string of the molecule is CCCCC(Oc1cccc(N(S)C(N)=O)c1)N1CCN(c2ccc(Cl)cc2Cl)C1=S. The number of hydrogen-bond acceptors (Lipinski definition) is 4. The fourth-order valence-corrected chi connectivity index (χ4v) is 4.41. The molecule has 6 nitrogen and oxygen atoms in total. The van der Waals surface area contributed by atoms with Crippen LogP contribution in [0.15, 0.2) is 42.5 Å². The van der Waals surface area contributed by atoms with Crippen molar-refractivity contribution < 1.29 is 9.53 Å². The summed E-state index contributed by atoms with van der Waals surface area (Å²) in [5.41, 5.74) is 6.66. The number of ether oxygens (including phenoxy) is 1. The fourth-order valence-electron chi connectivity index (χ4n) is 3.37. The molecule has 0 spiro atoms. The lowest BCUT2D eigenvalue weighted by Crippen LogP contribution is -2.42. The zero-order valence-electron chi connectivity index (χ0n) is 17.0. The number of unbranched alkanes of at least 4 members (excludes halogenated alkanes) is 1. The minimum absolute atomic E-state index is 0.263. The molecule has 0 aromatic heterocycles. The van der Waals surface area contributed by atoms with E-state index < -0.39 is 6.03 Å². The van der Waals surface area contributed by atoms with Gasteiger partial charge in [-0.15, -0.1) is 0 Å². The van der Waals surface area contributed by atoms with Crippen LogP contribution in [0.1, 0.15) is 26.2 Å². The van der Waals surface area contributed by atoms with Crippen LogP contribution in [-0.4, -0.2) is 35.4 Å². The predicted octanol–water partition coefficient (Wildman–Crippen LogP) is 5.73. The van der Waals surface area contributed by atoms with Gasteiger partial charge in [0.2, 0.25) is 0 Å². The quantitative estimate of drug-likeness (QED) is 0.359. The normalized spacial score (nSPS) is 14.6. The lowest BCUT2D eigenvalue weighted by molar-refractivity contribution is 0.0772. The molecule has 0 bridgehead atoms. The molecule has 0 aliphatic carbocycles. The standard InChI is InChI=1S/C21H24Cl2N4O2S2/c1-2-3-7-19(29-16-6-4-5-15(13-16)27(31)20(24)28)26-11-10-25(21(26)30)18-9-8-14(22)12-17(18)23/h4-6,8-9,12-13,19,31H,2-3,7,10-11H2,1H3,(H2,24,28). The zero-order valence-corrected chi connectivity index (χ0v) is 20.2. The van der Waals surface area contributed by atoms with Gasteiger partial charge < -0.3 is 20.3 Å².